The van der Waals surface area contributed by atoms with Crippen LogP contribution in [0.1, 0.15) is 12.0 Å². The first-order chi connectivity index (χ1) is 10.5. The summed E-state index contributed by atoms with van der Waals surface area (Å²) in [7, 11) is 0. The second-order valence-electron chi connectivity index (χ2n) is 5.44. The predicted molar refractivity (Wildman–Crippen MR) is 78.1 cm³/mol. The monoisotopic (exact) mass is 325 g/mol. The lowest BCUT2D eigenvalue weighted by Crippen LogP contribution is -2.50. The van der Waals surface area contributed by atoms with Crippen LogP contribution < -0.4 is 4.74 Å². The first kappa shape index (κ1) is 15.1. The van der Waals surface area contributed by atoms with E-state index >= 15 is 0 Å². The van der Waals surface area contributed by atoms with Gasteiger partial charge in [0.1, 0.15) is 5.75 Å². The van der Waals surface area contributed by atoms with E-state index in [4.69, 9.17) is 26.2 Å². The highest BCUT2D eigenvalue weighted by molar-refractivity contribution is 6.30. The fraction of sp³-hybridized carbons (Fsp3) is 0.467. The van der Waals surface area contributed by atoms with Crippen molar-refractivity contribution in [1.29, 1.82) is 0 Å². The average molecular weight is 326 g/mol. The van der Waals surface area contributed by atoms with Gasteiger partial charge in [-0.05, 0) is 23.8 Å². The Morgan fingerprint density at radius 2 is 2.23 bits per heavy atom. The number of carboxylic acid groups (broad SMARTS) is 1. The molecule has 1 fully saturated rings. The fourth-order valence-corrected chi connectivity index (χ4v) is 2.99. The zero-order chi connectivity index (χ0) is 15.7. The number of fused-ring (bicyclic) bond motifs is 1. The molecule has 2 atom stereocenters. The van der Waals surface area contributed by atoms with Crippen LogP contribution in [-0.2, 0) is 20.7 Å². The molecular formula is C15H16ClNO5. The second-order valence-corrected chi connectivity index (χ2v) is 5.87. The van der Waals surface area contributed by atoms with Gasteiger partial charge in [-0.2, -0.15) is 0 Å². The summed E-state index contributed by atoms with van der Waals surface area (Å²) in [6, 6.07) is 5.29. The zero-order valence-electron chi connectivity index (χ0n) is 11.8. The number of aliphatic carboxylic acids is 1. The number of nitrogens with zero attached hydrogens (tertiary/aromatic N) is 1. The van der Waals surface area contributed by atoms with Gasteiger partial charge in [0.05, 0.1) is 19.1 Å². The van der Waals surface area contributed by atoms with E-state index in [1.54, 1.807) is 23.1 Å². The summed E-state index contributed by atoms with van der Waals surface area (Å²) in [5.74, 6) is -0.387. The van der Waals surface area contributed by atoms with Crippen LogP contribution in [0.2, 0.25) is 5.02 Å². The van der Waals surface area contributed by atoms with Gasteiger partial charge in [0, 0.05) is 24.5 Å². The SMILES string of the molecule is O=C(O)C[C@H]1CN(C(=O)[C@H]2Cc3cc(Cl)ccc3O2)CCO1. The number of amides is 1. The topological polar surface area (TPSA) is 76.1 Å². The van der Waals surface area contributed by atoms with Gasteiger partial charge >= 0.3 is 5.97 Å². The largest absolute Gasteiger partial charge is 0.481 e. The molecule has 2 heterocycles. The molecule has 7 heteroatoms. The molecule has 3 rings (SSSR count). The molecule has 1 amide bonds. The molecule has 0 spiro atoms. The Labute approximate surface area is 132 Å². The quantitative estimate of drug-likeness (QED) is 0.907. The van der Waals surface area contributed by atoms with Crippen LogP contribution in [-0.4, -0.2) is 53.8 Å². The number of benzene rings is 1. The number of halogens is 1. The van der Waals surface area contributed by atoms with Crippen LogP contribution in [0.3, 0.4) is 0 Å². The minimum atomic E-state index is -0.932. The summed E-state index contributed by atoms with van der Waals surface area (Å²) in [4.78, 5) is 24.9. The lowest BCUT2D eigenvalue weighted by atomic mass is 10.1. The Kier molecular flexibility index (Phi) is 4.22. The van der Waals surface area contributed by atoms with Crippen LogP contribution in [0.25, 0.3) is 0 Å². The lowest BCUT2D eigenvalue weighted by molar-refractivity contribution is -0.151. The summed E-state index contributed by atoms with van der Waals surface area (Å²) < 4.78 is 11.1. The van der Waals surface area contributed by atoms with Gasteiger partial charge < -0.3 is 19.5 Å². The molecule has 2 aliphatic rings. The Morgan fingerprint density at radius 1 is 1.41 bits per heavy atom. The maximum atomic E-state index is 12.6. The number of morpholine rings is 1. The Morgan fingerprint density at radius 3 is 3.00 bits per heavy atom. The van der Waals surface area contributed by atoms with Gasteiger partial charge in [0.2, 0.25) is 0 Å². The van der Waals surface area contributed by atoms with Gasteiger partial charge in [-0.1, -0.05) is 11.6 Å². The first-order valence-corrected chi connectivity index (χ1v) is 7.48. The van der Waals surface area contributed by atoms with E-state index in [0.29, 0.717) is 30.3 Å². The summed E-state index contributed by atoms with van der Waals surface area (Å²) in [6.45, 7) is 1.07. The molecule has 0 aliphatic carbocycles. The van der Waals surface area contributed by atoms with Crippen molar-refractivity contribution in [3.63, 3.8) is 0 Å². The Hall–Kier alpha value is -1.79. The maximum Gasteiger partial charge on any atom is 0.306 e. The highest BCUT2D eigenvalue weighted by atomic mass is 35.5. The lowest BCUT2D eigenvalue weighted by Gasteiger charge is -2.33. The molecular weight excluding hydrogens is 310 g/mol. The van der Waals surface area contributed by atoms with E-state index in [0.717, 1.165) is 5.56 Å². The number of carboxylic acids is 1. The highest BCUT2D eigenvalue weighted by Gasteiger charge is 2.35. The average Bonchev–Trinajstić information content (AvgIpc) is 2.89. The zero-order valence-corrected chi connectivity index (χ0v) is 12.6. The molecule has 118 valence electrons. The summed E-state index contributed by atoms with van der Waals surface area (Å²) in [5, 5.41) is 9.44. The van der Waals surface area contributed by atoms with Crippen LogP contribution in [0.5, 0.6) is 5.75 Å². The van der Waals surface area contributed by atoms with E-state index in [9.17, 15) is 9.59 Å². The maximum absolute atomic E-state index is 12.6. The first-order valence-electron chi connectivity index (χ1n) is 7.10. The molecule has 0 unspecified atom stereocenters. The van der Waals surface area contributed by atoms with Crippen LogP contribution in [0.4, 0.5) is 0 Å². The van der Waals surface area contributed by atoms with Crippen LogP contribution in [0, 0.1) is 0 Å². The van der Waals surface area contributed by atoms with Gasteiger partial charge in [-0.25, -0.2) is 0 Å². The molecule has 1 aromatic rings. The van der Waals surface area contributed by atoms with Gasteiger partial charge in [-0.3, -0.25) is 9.59 Å². The normalized spacial score (nSPS) is 23.8. The fourth-order valence-electron chi connectivity index (χ4n) is 2.80. The third-order valence-corrected chi connectivity index (χ3v) is 4.06. The van der Waals surface area contributed by atoms with Crippen molar-refractivity contribution < 1.29 is 24.2 Å². The number of hydrogen-bond donors (Lipinski definition) is 1. The molecule has 2 aliphatic heterocycles. The van der Waals surface area contributed by atoms with Crippen LogP contribution in [0.15, 0.2) is 18.2 Å². The third-order valence-electron chi connectivity index (χ3n) is 3.83. The molecule has 1 aromatic carbocycles. The number of carbonyl (C=O) groups excluding carboxylic acids is 1. The Balaban J connectivity index is 1.64. The van der Waals surface area contributed by atoms with Crippen molar-refractivity contribution in [2.75, 3.05) is 19.7 Å². The van der Waals surface area contributed by atoms with Gasteiger partial charge in [0.25, 0.3) is 5.91 Å². The van der Waals surface area contributed by atoms with Crippen molar-refractivity contribution >= 4 is 23.5 Å². The van der Waals surface area contributed by atoms with Gasteiger partial charge in [-0.15, -0.1) is 0 Å². The predicted octanol–water partition coefficient (Wildman–Crippen LogP) is 1.35. The number of carbonyl (C=O) groups is 2. The molecule has 22 heavy (non-hydrogen) atoms. The number of hydrogen-bond acceptors (Lipinski definition) is 4. The third kappa shape index (κ3) is 3.18. The van der Waals surface area contributed by atoms with Crippen molar-refractivity contribution in [1.82, 2.24) is 4.90 Å². The van der Waals surface area contributed by atoms with E-state index in [1.807, 2.05) is 0 Å². The minimum absolute atomic E-state index is 0.106. The van der Waals surface area contributed by atoms with E-state index in [2.05, 4.69) is 0 Å². The standard InChI is InChI=1S/C15H16ClNO5/c16-10-1-2-12-9(5-10)6-13(22-12)15(20)17-3-4-21-11(8-17)7-14(18)19/h1-2,5,11,13H,3-4,6-8H2,(H,18,19)/t11-,13+/m0/s1. The number of ether oxygens (including phenoxy) is 2. The molecule has 0 aromatic heterocycles. The molecule has 1 saturated heterocycles. The van der Waals surface area contributed by atoms with Gasteiger partial charge in [0.15, 0.2) is 6.10 Å². The summed E-state index contributed by atoms with van der Waals surface area (Å²) in [5.41, 5.74) is 0.918. The van der Waals surface area contributed by atoms with E-state index in [-0.39, 0.29) is 18.9 Å². The summed E-state index contributed by atoms with van der Waals surface area (Å²) in [6.07, 6.45) is -0.661. The minimum Gasteiger partial charge on any atom is -0.481 e. The smallest absolute Gasteiger partial charge is 0.306 e. The van der Waals surface area contributed by atoms with Crippen molar-refractivity contribution in [3.05, 3.63) is 28.8 Å². The second kappa shape index (κ2) is 6.14. The van der Waals surface area contributed by atoms with Crippen molar-refractivity contribution in [2.45, 2.75) is 25.0 Å². The van der Waals surface area contributed by atoms with Crippen LogP contribution >= 0.6 is 11.6 Å². The van der Waals surface area contributed by atoms with Crippen molar-refractivity contribution in [2.24, 2.45) is 0 Å². The molecule has 0 radical (unpaired) electrons. The molecule has 0 saturated carbocycles. The number of rotatable bonds is 3. The highest BCUT2D eigenvalue weighted by Crippen LogP contribution is 2.32. The molecule has 0 bridgehead atoms. The van der Waals surface area contributed by atoms with E-state index in [1.165, 1.54) is 0 Å². The van der Waals surface area contributed by atoms with Crippen molar-refractivity contribution in [3.8, 4) is 5.75 Å². The molecule has 6 nitrogen and oxygen atoms in total. The summed E-state index contributed by atoms with van der Waals surface area (Å²) >= 11 is 5.94. The molecule has 1 N–H and O–H groups in total. The Bertz CT molecular complexity index is 606. The van der Waals surface area contributed by atoms with E-state index < -0.39 is 18.2 Å².